The minimum Gasteiger partial charge on any atom is -0.496 e. The number of rotatable bonds is 4. The predicted molar refractivity (Wildman–Crippen MR) is 86.9 cm³/mol. The first kappa shape index (κ1) is 14.0. The molecule has 2 N–H and O–H groups in total. The SMILES string of the molecule is COc1ccccc1C(CN)N1c2ccccc2CC1C. The number of para-hydroxylation sites is 2. The van der Waals surface area contributed by atoms with Crippen molar-refractivity contribution < 1.29 is 4.74 Å². The van der Waals surface area contributed by atoms with Crippen LogP contribution in [0.2, 0.25) is 0 Å². The molecule has 0 aliphatic carbocycles. The highest BCUT2D eigenvalue weighted by molar-refractivity contribution is 5.61. The molecule has 2 atom stereocenters. The first-order chi connectivity index (χ1) is 10.3. The molecule has 1 aliphatic heterocycles. The molecule has 0 spiro atoms. The first-order valence-corrected chi connectivity index (χ1v) is 7.45. The number of fused-ring (bicyclic) bond motifs is 1. The summed E-state index contributed by atoms with van der Waals surface area (Å²) in [6.07, 6.45) is 1.07. The van der Waals surface area contributed by atoms with Gasteiger partial charge in [0.2, 0.25) is 0 Å². The van der Waals surface area contributed by atoms with Gasteiger partial charge in [0.15, 0.2) is 0 Å². The Morgan fingerprint density at radius 3 is 2.67 bits per heavy atom. The Bertz CT molecular complexity index is 626. The fourth-order valence-corrected chi connectivity index (χ4v) is 3.40. The maximum absolute atomic E-state index is 6.13. The Morgan fingerprint density at radius 1 is 1.19 bits per heavy atom. The fraction of sp³-hybridized carbons (Fsp3) is 0.333. The van der Waals surface area contributed by atoms with Crippen LogP contribution in [0.25, 0.3) is 0 Å². The van der Waals surface area contributed by atoms with Crippen LogP contribution in [0.5, 0.6) is 5.75 Å². The highest BCUT2D eigenvalue weighted by Gasteiger charge is 2.32. The van der Waals surface area contributed by atoms with Crippen LogP contribution in [0.15, 0.2) is 48.5 Å². The maximum Gasteiger partial charge on any atom is 0.124 e. The number of nitrogens with two attached hydrogens (primary N) is 1. The highest BCUT2D eigenvalue weighted by Crippen LogP contribution is 2.40. The molecule has 3 rings (SSSR count). The standard InChI is InChI=1S/C18H22N2O/c1-13-11-14-7-3-5-9-16(14)20(13)17(12-19)15-8-4-6-10-18(15)21-2/h3-10,13,17H,11-12,19H2,1-2H3. The van der Waals surface area contributed by atoms with Gasteiger partial charge in [0.05, 0.1) is 13.2 Å². The smallest absolute Gasteiger partial charge is 0.124 e. The van der Waals surface area contributed by atoms with Crippen LogP contribution >= 0.6 is 0 Å². The van der Waals surface area contributed by atoms with E-state index in [1.807, 2.05) is 18.2 Å². The lowest BCUT2D eigenvalue weighted by Crippen LogP contribution is -2.37. The Labute approximate surface area is 126 Å². The van der Waals surface area contributed by atoms with Gasteiger partial charge in [-0.05, 0) is 31.0 Å². The normalized spacial score (nSPS) is 18.4. The van der Waals surface area contributed by atoms with Gasteiger partial charge in [-0.1, -0.05) is 36.4 Å². The summed E-state index contributed by atoms with van der Waals surface area (Å²) in [6, 6.07) is 17.4. The molecule has 2 unspecified atom stereocenters. The molecule has 0 aromatic heterocycles. The summed E-state index contributed by atoms with van der Waals surface area (Å²) >= 11 is 0. The molecule has 2 aromatic rings. The van der Waals surface area contributed by atoms with E-state index in [0.717, 1.165) is 17.7 Å². The third-order valence-corrected chi connectivity index (χ3v) is 4.32. The van der Waals surface area contributed by atoms with Crippen LogP contribution in [0.1, 0.15) is 24.1 Å². The van der Waals surface area contributed by atoms with Crippen molar-refractivity contribution in [2.75, 3.05) is 18.6 Å². The van der Waals surface area contributed by atoms with E-state index in [9.17, 15) is 0 Å². The van der Waals surface area contributed by atoms with Gasteiger partial charge in [-0.25, -0.2) is 0 Å². The molecule has 21 heavy (non-hydrogen) atoms. The van der Waals surface area contributed by atoms with E-state index < -0.39 is 0 Å². The van der Waals surface area contributed by atoms with Gasteiger partial charge < -0.3 is 15.4 Å². The number of hydrogen-bond donors (Lipinski definition) is 1. The van der Waals surface area contributed by atoms with Crippen LogP contribution < -0.4 is 15.4 Å². The molecule has 0 amide bonds. The van der Waals surface area contributed by atoms with Gasteiger partial charge in [0.25, 0.3) is 0 Å². The Kier molecular flexibility index (Phi) is 3.84. The van der Waals surface area contributed by atoms with E-state index in [-0.39, 0.29) is 6.04 Å². The lowest BCUT2D eigenvalue weighted by molar-refractivity contribution is 0.403. The second kappa shape index (κ2) is 5.78. The van der Waals surface area contributed by atoms with Gasteiger partial charge in [0, 0.05) is 23.8 Å². The van der Waals surface area contributed by atoms with Crippen molar-refractivity contribution in [1.82, 2.24) is 0 Å². The maximum atomic E-state index is 6.13. The number of nitrogens with zero attached hydrogens (tertiary/aromatic N) is 1. The number of hydrogen-bond acceptors (Lipinski definition) is 3. The van der Waals surface area contributed by atoms with E-state index in [1.54, 1.807) is 7.11 Å². The minimum absolute atomic E-state index is 0.139. The van der Waals surface area contributed by atoms with Crippen LogP contribution in [-0.2, 0) is 6.42 Å². The summed E-state index contributed by atoms with van der Waals surface area (Å²) in [5.74, 6) is 0.907. The summed E-state index contributed by atoms with van der Waals surface area (Å²) in [7, 11) is 1.72. The Hall–Kier alpha value is -2.00. The number of methoxy groups -OCH3 is 1. The second-order valence-corrected chi connectivity index (χ2v) is 5.58. The molecule has 0 saturated carbocycles. The topological polar surface area (TPSA) is 38.5 Å². The number of anilines is 1. The van der Waals surface area contributed by atoms with E-state index in [1.165, 1.54) is 11.3 Å². The van der Waals surface area contributed by atoms with Crippen molar-refractivity contribution in [2.45, 2.75) is 25.4 Å². The van der Waals surface area contributed by atoms with Gasteiger partial charge in [0.1, 0.15) is 5.75 Å². The zero-order valence-corrected chi connectivity index (χ0v) is 12.6. The van der Waals surface area contributed by atoms with Crippen molar-refractivity contribution in [2.24, 2.45) is 5.73 Å². The van der Waals surface area contributed by atoms with Gasteiger partial charge in [-0.15, -0.1) is 0 Å². The molecule has 0 radical (unpaired) electrons. The number of benzene rings is 2. The minimum atomic E-state index is 0.139. The van der Waals surface area contributed by atoms with Gasteiger partial charge in [-0.3, -0.25) is 0 Å². The molecule has 0 fully saturated rings. The molecule has 1 aliphatic rings. The third kappa shape index (κ3) is 2.38. The van der Waals surface area contributed by atoms with Gasteiger partial charge in [-0.2, -0.15) is 0 Å². The van der Waals surface area contributed by atoms with Crippen molar-refractivity contribution in [3.63, 3.8) is 0 Å². The van der Waals surface area contributed by atoms with Crippen molar-refractivity contribution in [3.8, 4) is 5.75 Å². The molecule has 110 valence electrons. The van der Waals surface area contributed by atoms with E-state index in [4.69, 9.17) is 10.5 Å². The molecule has 2 aromatic carbocycles. The van der Waals surface area contributed by atoms with Crippen LogP contribution in [0.3, 0.4) is 0 Å². The van der Waals surface area contributed by atoms with E-state index >= 15 is 0 Å². The predicted octanol–water partition coefficient (Wildman–Crippen LogP) is 3.15. The molecular weight excluding hydrogens is 260 g/mol. The zero-order chi connectivity index (χ0) is 14.8. The third-order valence-electron chi connectivity index (χ3n) is 4.32. The summed E-state index contributed by atoms with van der Waals surface area (Å²) < 4.78 is 5.53. The van der Waals surface area contributed by atoms with Crippen LogP contribution in [-0.4, -0.2) is 19.7 Å². The highest BCUT2D eigenvalue weighted by atomic mass is 16.5. The van der Waals surface area contributed by atoms with Crippen molar-refractivity contribution in [3.05, 3.63) is 59.7 Å². The quantitative estimate of drug-likeness (QED) is 0.936. The molecular formula is C18H22N2O. The first-order valence-electron chi connectivity index (χ1n) is 7.45. The summed E-state index contributed by atoms with van der Waals surface area (Å²) in [4.78, 5) is 2.44. The fourth-order valence-electron chi connectivity index (χ4n) is 3.40. The molecule has 3 nitrogen and oxygen atoms in total. The van der Waals surface area contributed by atoms with E-state index in [2.05, 4.69) is 42.2 Å². The monoisotopic (exact) mass is 282 g/mol. The lowest BCUT2D eigenvalue weighted by Gasteiger charge is -2.34. The molecule has 1 heterocycles. The number of ether oxygens (including phenoxy) is 1. The average Bonchev–Trinajstić information content (AvgIpc) is 2.85. The summed E-state index contributed by atoms with van der Waals surface area (Å²) in [5, 5.41) is 0. The summed E-state index contributed by atoms with van der Waals surface area (Å²) in [5.41, 5.74) is 9.99. The molecule has 0 saturated heterocycles. The molecule has 3 heteroatoms. The van der Waals surface area contributed by atoms with Crippen molar-refractivity contribution in [1.29, 1.82) is 0 Å². The zero-order valence-electron chi connectivity index (χ0n) is 12.6. The Balaban J connectivity index is 2.04. The summed E-state index contributed by atoms with van der Waals surface area (Å²) in [6.45, 7) is 2.83. The molecule has 0 bridgehead atoms. The van der Waals surface area contributed by atoms with Crippen molar-refractivity contribution >= 4 is 5.69 Å². The average molecular weight is 282 g/mol. The Morgan fingerprint density at radius 2 is 1.90 bits per heavy atom. The largest absolute Gasteiger partial charge is 0.496 e. The van der Waals surface area contributed by atoms with Gasteiger partial charge >= 0.3 is 0 Å². The van der Waals surface area contributed by atoms with Crippen LogP contribution in [0, 0.1) is 0 Å². The van der Waals surface area contributed by atoms with E-state index in [0.29, 0.717) is 12.6 Å². The lowest BCUT2D eigenvalue weighted by atomic mass is 10.0. The van der Waals surface area contributed by atoms with Crippen LogP contribution in [0.4, 0.5) is 5.69 Å². The second-order valence-electron chi connectivity index (χ2n) is 5.58.